The summed E-state index contributed by atoms with van der Waals surface area (Å²) >= 11 is 0. The molecule has 31 heavy (non-hydrogen) atoms. The molecule has 9 heteroatoms. The molecule has 0 saturated carbocycles. The van der Waals surface area contributed by atoms with E-state index < -0.39 is 5.91 Å². The number of carbonyl (C=O) groups is 2. The van der Waals surface area contributed by atoms with Crippen LogP contribution in [0.4, 0.5) is 5.82 Å². The SMILES string of the molecule is CCCCOc1ccc(C(=O)NNC(=O)C2CCCN(c3cnccn3)C2)cc1OC. The van der Waals surface area contributed by atoms with Crippen LogP contribution in [-0.2, 0) is 4.79 Å². The number of anilines is 1. The topological polar surface area (TPSA) is 106 Å². The third kappa shape index (κ3) is 6.07. The second-order valence-corrected chi connectivity index (χ2v) is 7.36. The Morgan fingerprint density at radius 1 is 1.23 bits per heavy atom. The smallest absolute Gasteiger partial charge is 0.269 e. The van der Waals surface area contributed by atoms with Gasteiger partial charge in [0, 0.05) is 31.0 Å². The Morgan fingerprint density at radius 3 is 2.84 bits per heavy atom. The molecule has 1 aliphatic rings. The normalized spacial score (nSPS) is 15.8. The summed E-state index contributed by atoms with van der Waals surface area (Å²) in [7, 11) is 1.53. The summed E-state index contributed by atoms with van der Waals surface area (Å²) in [5.74, 6) is 0.906. The Kier molecular flexibility index (Phi) is 8.03. The first-order valence-corrected chi connectivity index (χ1v) is 10.5. The van der Waals surface area contributed by atoms with Crippen LogP contribution < -0.4 is 25.2 Å². The van der Waals surface area contributed by atoms with E-state index in [-0.39, 0.29) is 11.8 Å². The number of amides is 2. The lowest BCUT2D eigenvalue weighted by atomic mass is 9.97. The summed E-state index contributed by atoms with van der Waals surface area (Å²) in [5, 5.41) is 0. The van der Waals surface area contributed by atoms with Crippen molar-refractivity contribution in [1.82, 2.24) is 20.8 Å². The number of carbonyl (C=O) groups excluding carboxylic acids is 2. The number of nitrogens with zero attached hydrogens (tertiary/aromatic N) is 3. The van der Waals surface area contributed by atoms with Crippen molar-refractivity contribution in [3.05, 3.63) is 42.4 Å². The standard InChI is InChI=1S/C22H29N5O4/c1-3-4-12-31-18-8-7-16(13-19(18)30-2)21(28)25-26-22(29)17-6-5-11-27(15-17)20-14-23-9-10-24-20/h7-10,13-14,17H,3-6,11-12,15H2,1-2H3,(H,25,28)(H,26,29). The number of hydrogen-bond donors (Lipinski definition) is 2. The summed E-state index contributed by atoms with van der Waals surface area (Å²) in [6.45, 7) is 4.02. The molecule has 1 aromatic heterocycles. The molecular weight excluding hydrogens is 398 g/mol. The van der Waals surface area contributed by atoms with E-state index in [2.05, 4.69) is 27.7 Å². The summed E-state index contributed by atoms with van der Waals surface area (Å²) in [6.07, 6.45) is 8.51. The molecule has 1 saturated heterocycles. The number of benzene rings is 1. The van der Waals surface area contributed by atoms with Gasteiger partial charge >= 0.3 is 0 Å². The fourth-order valence-electron chi connectivity index (χ4n) is 3.40. The van der Waals surface area contributed by atoms with Crippen LogP contribution in [0.25, 0.3) is 0 Å². The highest BCUT2D eigenvalue weighted by Crippen LogP contribution is 2.28. The lowest BCUT2D eigenvalue weighted by molar-refractivity contribution is -0.126. The quantitative estimate of drug-likeness (QED) is 0.492. The molecule has 1 aromatic carbocycles. The van der Waals surface area contributed by atoms with E-state index in [1.807, 2.05) is 4.90 Å². The Morgan fingerprint density at radius 2 is 2.10 bits per heavy atom. The highest BCUT2D eigenvalue weighted by Gasteiger charge is 2.27. The Hall–Kier alpha value is -3.36. The zero-order chi connectivity index (χ0) is 22.1. The molecule has 0 radical (unpaired) electrons. The molecule has 2 heterocycles. The van der Waals surface area contributed by atoms with Crippen molar-refractivity contribution in [2.75, 3.05) is 31.7 Å². The van der Waals surface area contributed by atoms with Crippen LogP contribution in [0.1, 0.15) is 43.0 Å². The Bertz CT molecular complexity index is 877. The van der Waals surface area contributed by atoms with E-state index in [1.165, 1.54) is 7.11 Å². The summed E-state index contributed by atoms with van der Waals surface area (Å²) in [6, 6.07) is 4.94. The molecule has 2 N–H and O–H groups in total. The van der Waals surface area contributed by atoms with Crippen molar-refractivity contribution in [2.24, 2.45) is 5.92 Å². The van der Waals surface area contributed by atoms with Crippen molar-refractivity contribution in [3.8, 4) is 11.5 Å². The first kappa shape index (κ1) is 22.3. The first-order valence-electron chi connectivity index (χ1n) is 10.5. The maximum absolute atomic E-state index is 12.6. The monoisotopic (exact) mass is 427 g/mol. The zero-order valence-corrected chi connectivity index (χ0v) is 18.0. The van der Waals surface area contributed by atoms with Crippen molar-refractivity contribution in [1.29, 1.82) is 0 Å². The average molecular weight is 428 g/mol. The minimum atomic E-state index is -0.423. The van der Waals surface area contributed by atoms with E-state index in [0.717, 1.165) is 38.0 Å². The largest absolute Gasteiger partial charge is 0.493 e. The van der Waals surface area contributed by atoms with Crippen LogP contribution in [-0.4, -0.2) is 48.6 Å². The van der Waals surface area contributed by atoms with Crippen LogP contribution in [0.15, 0.2) is 36.8 Å². The summed E-state index contributed by atoms with van der Waals surface area (Å²) in [5.41, 5.74) is 5.40. The Labute approximate surface area is 182 Å². The van der Waals surface area contributed by atoms with Crippen LogP contribution in [0.5, 0.6) is 11.5 Å². The molecule has 1 unspecified atom stereocenters. The lowest BCUT2D eigenvalue weighted by Gasteiger charge is -2.32. The molecular formula is C22H29N5O4. The van der Waals surface area contributed by atoms with Gasteiger partial charge in [-0.25, -0.2) is 4.98 Å². The molecule has 9 nitrogen and oxygen atoms in total. The van der Waals surface area contributed by atoms with Gasteiger partial charge in [0.25, 0.3) is 5.91 Å². The molecule has 1 atom stereocenters. The fourth-order valence-corrected chi connectivity index (χ4v) is 3.40. The molecule has 1 aliphatic heterocycles. The maximum atomic E-state index is 12.6. The molecule has 2 aromatic rings. The van der Waals surface area contributed by atoms with E-state index in [0.29, 0.717) is 30.2 Å². The molecule has 166 valence electrons. The number of aromatic nitrogens is 2. The number of methoxy groups -OCH3 is 1. The number of unbranched alkanes of at least 4 members (excludes halogenated alkanes) is 1. The highest BCUT2D eigenvalue weighted by atomic mass is 16.5. The summed E-state index contributed by atoms with van der Waals surface area (Å²) in [4.78, 5) is 35.5. The number of rotatable bonds is 8. The van der Waals surface area contributed by atoms with E-state index in [4.69, 9.17) is 9.47 Å². The molecule has 0 bridgehead atoms. The second-order valence-electron chi connectivity index (χ2n) is 7.36. The minimum absolute atomic E-state index is 0.228. The van der Waals surface area contributed by atoms with E-state index in [1.54, 1.807) is 36.8 Å². The van der Waals surface area contributed by atoms with Crippen molar-refractivity contribution in [2.45, 2.75) is 32.6 Å². The second kappa shape index (κ2) is 11.1. The van der Waals surface area contributed by atoms with E-state index >= 15 is 0 Å². The Balaban J connectivity index is 1.54. The number of hydrazine groups is 1. The van der Waals surface area contributed by atoms with Gasteiger partial charge in [-0.15, -0.1) is 0 Å². The number of hydrogen-bond acceptors (Lipinski definition) is 7. The van der Waals surface area contributed by atoms with Crippen LogP contribution in [0.3, 0.4) is 0 Å². The fraction of sp³-hybridized carbons (Fsp3) is 0.455. The van der Waals surface area contributed by atoms with Gasteiger partial charge in [0.15, 0.2) is 11.5 Å². The maximum Gasteiger partial charge on any atom is 0.269 e. The van der Waals surface area contributed by atoms with Gasteiger partial charge in [0.05, 0.1) is 25.8 Å². The first-order chi connectivity index (χ1) is 15.1. The number of ether oxygens (including phenoxy) is 2. The van der Waals surface area contributed by atoms with Crippen LogP contribution in [0, 0.1) is 5.92 Å². The zero-order valence-electron chi connectivity index (χ0n) is 18.0. The predicted molar refractivity (Wildman–Crippen MR) is 116 cm³/mol. The van der Waals surface area contributed by atoms with Gasteiger partial charge in [0.2, 0.25) is 5.91 Å². The predicted octanol–water partition coefficient (Wildman–Crippen LogP) is 2.34. The van der Waals surface area contributed by atoms with E-state index in [9.17, 15) is 9.59 Å². The van der Waals surface area contributed by atoms with Gasteiger partial charge in [-0.2, -0.15) is 0 Å². The van der Waals surface area contributed by atoms with Crippen molar-refractivity contribution in [3.63, 3.8) is 0 Å². The third-order valence-electron chi connectivity index (χ3n) is 5.15. The molecule has 2 amide bonds. The average Bonchev–Trinajstić information content (AvgIpc) is 2.83. The highest BCUT2D eigenvalue weighted by molar-refractivity contribution is 5.96. The van der Waals surface area contributed by atoms with Gasteiger partial charge in [-0.1, -0.05) is 13.3 Å². The summed E-state index contributed by atoms with van der Waals surface area (Å²) < 4.78 is 11.0. The number of piperidine rings is 1. The number of nitrogens with one attached hydrogen (secondary N) is 2. The molecule has 1 fully saturated rings. The van der Waals surface area contributed by atoms with Crippen LogP contribution in [0.2, 0.25) is 0 Å². The van der Waals surface area contributed by atoms with Crippen molar-refractivity contribution < 1.29 is 19.1 Å². The van der Waals surface area contributed by atoms with Gasteiger partial charge in [0.1, 0.15) is 5.82 Å². The van der Waals surface area contributed by atoms with Gasteiger partial charge < -0.3 is 14.4 Å². The van der Waals surface area contributed by atoms with Crippen LogP contribution >= 0.6 is 0 Å². The van der Waals surface area contributed by atoms with Crippen molar-refractivity contribution >= 4 is 17.6 Å². The molecule has 0 aliphatic carbocycles. The van der Waals surface area contributed by atoms with Gasteiger partial charge in [-0.05, 0) is 37.5 Å². The molecule has 3 rings (SSSR count). The minimum Gasteiger partial charge on any atom is -0.493 e. The molecule has 0 spiro atoms. The third-order valence-corrected chi connectivity index (χ3v) is 5.15. The van der Waals surface area contributed by atoms with Gasteiger partial charge in [-0.3, -0.25) is 25.4 Å². The lowest BCUT2D eigenvalue weighted by Crippen LogP contribution is -2.49.